The molecule has 0 spiro atoms. The molecule has 10 heteroatoms. The lowest BCUT2D eigenvalue weighted by Crippen LogP contribution is -2.10. The monoisotopic (exact) mass is 465 g/mol. The average molecular weight is 465 g/mol. The van der Waals surface area contributed by atoms with Gasteiger partial charge in [-0.3, -0.25) is 0 Å². The van der Waals surface area contributed by atoms with Gasteiger partial charge in [0.05, 0.1) is 37.5 Å². The van der Waals surface area contributed by atoms with Crippen LogP contribution in [0.15, 0.2) is 63.7 Å². The predicted molar refractivity (Wildman–Crippen MR) is 115 cm³/mol. The Morgan fingerprint density at radius 2 is 1.75 bits per heavy atom. The van der Waals surface area contributed by atoms with Crippen molar-refractivity contribution < 1.29 is 37.3 Å². The van der Waals surface area contributed by atoms with Crippen molar-refractivity contribution in [1.82, 2.24) is 0 Å². The van der Waals surface area contributed by atoms with Crippen LogP contribution < -0.4 is 9.47 Å². The standard InChI is InChI=1S/C22H18F3NO5S/c1-29-15-8-9-16(30-2)12(10-15)11-17-19(27)18(21(28)31-3)20(32-17)26-14-6-4-13(5-7-14)22(23,24)25/h4-11,27H,1-3H3/b17-11+,26-20?. The molecule has 0 aromatic heterocycles. The van der Waals surface area contributed by atoms with E-state index in [0.29, 0.717) is 17.1 Å². The van der Waals surface area contributed by atoms with Gasteiger partial charge in [-0.15, -0.1) is 0 Å². The van der Waals surface area contributed by atoms with E-state index in [1.807, 2.05) is 0 Å². The highest BCUT2D eigenvalue weighted by molar-refractivity contribution is 8.18. The summed E-state index contributed by atoms with van der Waals surface area (Å²) in [5.74, 6) is -0.144. The Morgan fingerprint density at radius 3 is 2.31 bits per heavy atom. The summed E-state index contributed by atoms with van der Waals surface area (Å²) in [5.41, 5.74) is -0.265. The van der Waals surface area contributed by atoms with Crippen molar-refractivity contribution in [3.63, 3.8) is 0 Å². The number of halogens is 3. The number of carbonyl (C=O) groups excluding carboxylic acids is 1. The molecule has 0 bridgehead atoms. The van der Waals surface area contributed by atoms with Gasteiger partial charge in [0.25, 0.3) is 0 Å². The molecule has 32 heavy (non-hydrogen) atoms. The lowest BCUT2D eigenvalue weighted by Gasteiger charge is -2.08. The van der Waals surface area contributed by atoms with Crippen LogP contribution >= 0.6 is 11.8 Å². The molecule has 1 heterocycles. The smallest absolute Gasteiger partial charge is 0.416 e. The maximum Gasteiger partial charge on any atom is 0.416 e. The average Bonchev–Trinajstić information content (AvgIpc) is 3.07. The summed E-state index contributed by atoms with van der Waals surface area (Å²) in [4.78, 5) is 16.8. The second-order valence-corrected chi connectivity index (χ2v) is 7.43. The van der Waals surface area contributed by atoms with Crippen LogP contribution in [0.25, 0.3) is 6.08 Å². The minimum atomic E-state index is -4.48. The Balaban J connectivity index is 2.04. The van der Waals surface area contributed by atoms with Gasteiger partial charge < -0.3 is 19.3 Å². The summed E-state index contributed by atoms with van der Waals surface area (Å²) in [6.45, 7) is 0. The summed E-state index contributed by atoms with van der Waals surface area (Å²) in [6.07, 6.45) is -2.89. The van der Waals surface area contributed by atoms with Crippen molar-refractivity contribution in [2.24, 2.45) is 4.99 Å². The fourth-order valence-corrected chi connectivity index (χ4v) is 3.85. The van der Waals surface area contributed by atoms with E-state index in [0.717, 1.165) is 31.0 Å². The van der Waals surface area contributed by atoms with Gasteiger partial charge in [0.1, 0.15) is 27.9 Å². The third-order valence-electron chi connectivity index (χ3n) is 4.43. The summed E-state index contributed by atoms with van der Waals surface area (Å²) >= 11 is 0.970. The number of benzene rings is 2. The van der Waals surface area contributed by atoms with Crippen LogP contribution in [0.1, 0.15) is 11.1 Å². The Labute approximate surface area is 186 Å². The number of hydrogen-bond acceptors (Lipinski definition) is 7. The van der Waals surface area contributed by atoms with Crippen molar-refractivity contribution in [3.05, 3.63) is 69.8 Å². The second kappa shape index (κ2) is 9.39. The molecule has 1 N–H and O–H groups in total. The highest BCUT2D eigenvalue weighted by Crippen LogP contribution is 2.41. The largest absolute Gasteiger partial charge is 0.506 e. The van der Waals surface area contributed by atoms with Crippen LogP contribution in [0, 0.1) is 0 Å². The van der Waals surface area contributed by atoms with Gasteiger partial charge in [-0.25, -0.2) is 9.79 Å². The SMILES string of the molecule is COC(=O)C1=C(O)/C(=C\c2cc(OC)ccc2OC)SC1=Nc1ccc(C(F)(F)F)cc1. The molecule has 0 atom stereocenters. The first-order chi connectivity index (χ1) is 15.2. The number of alkyl halides is 3. The maximum atomic E-state index is 12.8. The Kier molecular flexibility index (Phi) is 6.83. The number of nitrogens with zero attached hydrogens (tertiary/aromatic N) is 1. The van der Waals surface area contributed by atoms with Gasteiger partial charge in [-0.05, 0) is 48.5 Å². The van der Waals surface area contributed by atoms with Gasteiger partial charge in [0.15, 0.2) is 0 Å². The molecule has 0 fully saturated rings. The highest BCUT2D eigenvalue weighted by Gasteiger charge is 2.33. The summed E-state index contributed by atoms with van der Waals surface area (Å²) in [5, 5.41) is 10.8. The predicted octanol–water partition coefficient (Wildman–Crippen LogP) is 5.53. The molecular weight excluding hydrogens is 447 g/mol. The third kappa shape index (κ3) is 4.91. The number of esters is 1. The number of aliphatic imine (C=N–C) groups is 1. The first kappa shape index (κ1) is 23.3. The first-order valence-electron chi connectivity index (χ1n) is 9.07. The molecule has 0 radical (unpaired) electrons. The molecule has 2 aromatic rings. The van der Waals surface area contributed by atoms with E-state index in [9.17, 15) is 23.1 Å². The molecule has 0 unspecified atom stereocenters. The topological polar surface area (TPSA) is 77.4 Å². The molecule has 1 aliphatic heterocycles. The van der Waals surface area contributed by atoms with Gasteiger partial charge in [-0.2, -0.15) is 13.2 Å². The lowest BCUT2D eigenvalue weighted by molar-refractivity contribution is -0.137. The number of thioether (sulfide) groups is 1. The summed E-state index contributed by atoms with van der Waals surface area (Å²) < 4.78 is 53.7. The number of methoxy groups -OCH3 is 3. The molecule has 1 aliphatic rings. The Hall–Kier alpha value is -3.40. The van der Waals surface area contributed by atoms with Crippen LogP contribution in [0.2, 0.25) is 0 Å². The van der Waals surface area contributed by atoms with Crippen LogP contribution in [-0.4, -0.2) is 37.4 Å². The second-order valence-electron chi connectivity index (χ2n) is 6.40. The number of hydrogen-bond donors (Lipinski definition) is 1. The number of aliphatic hydroxyl groups is 1. The normalized spacial score (nSPS) is 16.6. The maximum absolute atomic E-state index is 12.8. The van der Waals surface area contributed by atoms with Crippen LogP contribution in [0.5, 0.6) is 11.5 Å². The van der Waals surface area contributed by atoms with Gasteiger partial charge in [0.2, 0.25) is 0 Å². The van der Waals surface area contributed by atoms with E-state index in [2.05, 4.69) is 4.99 Å². The zero-order valence-electron chi connectivity index (χ0n) is 17.2. The van der Waals surface area contributed by atoms with E-state index in [-0.39, 0.29) is 27.0 Å². The van der Waals surface area contributed by atoms with Gasteiger partial charge in [0, 0.05) is 5.56 Å². The number of carbonyl (C=O) groups is 1. The van der Waals surface area contributed by atoms with Crippen LogP contribution in [0.4, 0.5) is 18.9 Å². The molecule has 0 aliphatic carbocycles. The van der Waals surface area contributed by atoms with Crippen molar-refractivity contribution >= 4 is 34.5 Å². The zero-order valence-corrected chi connectivity index (χ0v) is 18.0. The number of ether oxygens (including phenoxy) is 3. The minimum absolute atomic E-state index is 0.0854. The van der Waals surface area contributed by atoms with Crippen LogP contribution in [0.3, 0.4) is 0 Å². The van der Waals surface area contributed by atoms with Crippen molar-refractivity contribution in [3.8, 4) is 11.5 Å². The molecule has 2 aromatic carbocycles. The Morgan fingerprint density at radius 1 is 1.06 bits per heavy atom. The highest BCUT2D eigenvalue weighted by atomic mass is 32.2. The van der Waals surface area contributed by atoms with E-state index in [1.54, 1.807) is 24.3 Å². The lowest BCUT2D eigenvalue weighted by atomic mass is 10.1. The zero-order chi connectivity index (χ0) is 23.5. The molecule has 0 saturated carbocycles. The van der Waals surface area contributed by atoms with E-state index >= 15 is 0 Å². The fraction of sp³-hybridized carbons (Fsp3) is 0.182. The molecule has 0 saturated heterocycles. The fourth-order valence-electron chi connectivity index (χ4n) is 2.83. The van der Waals surface area contributed by atoms with E-state index in [1.165, 1.54) is 26.4 Å². The van der Waals surface area contributed by atoms with Crippen LogP contribution in [-0.2, 0) is 15.7 Å². The first-order valence-corrected chi connectivity index (χ1v) is 9.89. The molecule has 3 rings (SSSR count). The summed E-state index contributed by atoms with van der Waals surface area (Å²) in [6, 6.07) is 9.20. The number of aliphatic hydroxyl groups excluding tert-OH is 1. The van der Waals surface area contributed by atoms with Crippen molar-refractivity contribution in [1.29, 1.82) is 0 Å². The molecule has 168 valence electrons. The quantitative estimate of drug-likeness (QED) is 0.586. The molecular formula is C22H18F3NO5S. The minimum Gasteiger partial charge on any atom is -0.506 e. The van der Waals surface area contributed by atoms with Crippen molar-refractivity contribution in [2.75, 3.05) is 21.3 Å². The van der Waals surface area contributed by atoms with Gasteiger partial charge >= 0.3 is 12.1 Å². The van der Waals surface area contributed by atoms with E-state index < -0.39 is 17.7 Å². The summed E-state index contributed by atoms with van der Waals surface area (Å²) in [7, 11) is 4.14. The molecule has 6 nitrogen and oxygen atoms in total. The van der Waals surface area contributed by atoms with E-state index in [4.69, 9.17) is 14.2 Å². The van der Waals surface area contributed by atoms with Crippen molar-refractivity contribution in [2.45, 2.75) is 6.18 Å². The number of rotatable bonds is 5. The Bertz CT molecular complexity index is 1120. The third-order valence-corrected chi connectivity index (χ3v) is 5.45. The van der Waals surface area contributed by atoms with Gasteiger partial charge in [-0.1, -0.05) is 11.8 Å². The molecule has 0 amide bonds.